The molecule has 6 heteroatoms. The van der Waals surface area contributed by atoms with E-state index in [2.05, 4.69) is 11.8 Å². The van der Waals surface area contributed by atoms with Crippen molar-refractivity contribution in [2.24, 2.45) is 11.8 Å². The largest absolute Gasteiger partial charge is 0.394 e. The van der Waals surface area contributed by atoms with Gasteiger partial charge in [-0.15, -0.1) is 0 Å². The highest BCUT2D eigenvalue weighted by atomic mass is 19.1. The number of hydrogen-bond donors (Lipinski definition) is 1. The van der Waals surface area contributed by atoms with Crippen LogP contribution >= 0.6 is 0 Å². The summed E-state index contributed by atoms with van der Waals surface area (Å²) in [6, 6.07) is 6.00. The standard InChI is InChI=1S/C21H31FN2O3/c1-3-15-11-24(21(26)16-6-4-7-17(22)10-16)20(13-25)19(15)12-23-9-5-8-18(23)14-27-2/h4,6-7,10,15,18-20,25H,3,5,8-9,11-14H2,1-2H3/t15-,18-,19-,20-/m1/s1. The SMILES string of the molecule is CC[C@@H]1CN(C(=O)c2cccc(F)c2)[C@H](CO)[C@@H]1CN1CCC[C@@H]1COC. The Morgan fingerprint density at radius 3 is 2.89 bits per heavy atom. The molecule has 2 aliphatic rings. The lowest BCUT2D eigenvalue weighted by molar-refractivity contribution is 0.0577. The number of carbonyl (C=O) groups is 1. The van der Waals surface area contributed by atoms with E-state index in [0.29, 0.717) is 24.1 Å². The van der Waals surface area contributed by atoms with Gasteiger partial charge in [0.1, 0.15) is 5.82 Å². The lowest BCUT2D eigenvalue weighted by Gasteiger charge is -2.32. The molecule has 2 fully saturated rings. The Balaban J connectivity index is 1.77. The summed E-state index contributed by atoms with van der Waals surface area (Å²) in [5.41, 5.74) is 0.349. The zero-order chi connectivity index (χ0) is 19.4. The van der Waals surface area contributed by atoms with E-state index in [4.69, 9.17) is 4.74 Å². The number of halogens is 1. The molecule has 0 unspecified atom stereocenters. The highest BCUT2D eigenvalue weighted by molar-refractivity contribution is 5.94. The molecule has 1 aromatic rings. The molecule has 4 atom stereocenters. The minimum atomic E-state index is -0.413. The van der Waals surface area contributed by atoms with E-state index in [1.54, 1.807) is 24.1 Å². The second-order valence-electron chi connectivity index (χ2n) is 7.80. The molecule has 5 nitrogen and oxygen atoms in total. The van der Waals surface area contributed by atoms with E-state index in [1.165, 1.54) is 12.1 Å². The van der Waals surface area contributed by atoms with Gasteiger partial charge < -0.3 is 14.7 Å². The van der Waals surface area contributed by atoms with Gasteiger partial charge in [-0.25, -0.2) is 4.39 Å². The van der Waals surface area contributed by atoms with Gasteiger partial charge in [0.2, 0.25) is 0 Å². The predicted octanol–water partition coefficient (Wildman–Crippen LogP) is 2.40. The number of likely N-dealkylation sites (tertiary alicyclic amines) is 2. The molecule has 0 aliphatic carbocycles. The molecule has 0 spiro atoms. The van der Waals surface area contributed by atoms with Gasteiger partial charge in [-0.2, -0.15) is 0 Å². The van der Waals surface area contributed by atoms with Crippen molar-refractivity contribution in [3.05, 3.63) is 35.6 Å². The van der Waals surface area contributed by atoms with Crippen LogP contribution in [0.2, 0.25) is 0 Å². The zero-order valence-corrected chi connectivity index (χ0v) is 16.3. The van der Waals surface area contributed by atoms with Crippen LogP contribution in [0.3, 0.4) is 0 Å². The van der Waals surface area contributed by atoms with Crippen molar-refractivity contribution in [3.63, 3.8) is 0 Å². The summed E-state index contributed by atoms with van der Waals surface area (Å²) < 4.78 is 18.9. The molecule has 27 heavy (non-hydrogen) atoms. The molecule has 1 N–H and O–H groups in total. The van der Waals surface area contributed by atoms with Crippen molar-refractivity contribution in [1.82, 2.24) is 9.80 Å². The lowest BCUT2D eigenvalue weighted by Crippen LogP contribution is -2.45. The van der Waals surface area contributed by atoms with E-state index in [1.807, 2.05) is 0 Å². The van der Waals surface area contributed by atoms with E-state index in [9.17, 15) is 14.3 Å². The molecule has 0 aromatic heterocycles. The maximum Gasteiger partial charge on any atom is 0.254 e. The van der Waals surface area contributed by atoms with Crippen molar-refractivity contribution >= 4 is 5.91 Å². The van der Waals surface area contributed by atoms with Gasteiger partial charge in [-0.1, -0.05) is 19.4 Å². The van der Waals surface area contributed by atoms with Gasteiger partial charge in [-0.3, -0.25) is 9.69 Å². The summed E-state index contributed by atoms with van der Waals surface area (Å²) in [6.45, 7) is 5.31. The smallest absolute Gasteiger partial charge is 0.254 e. The van der Waals surface area contributed by atoms with Crippen LogP contribution in [0, 0.1) is 17.7 Å². The van der Waals surface area contributed by atoms with Crippen LogP contribution in [0.4, 0.5) is 4.39 Å². The number of aliphatic hydroxyl groups is 1. The first-order valence-electron chi connectivity index (χ1n) is 9.99. The average molecular weight is 378 g/mol. The molecule has 1 aromatic carbocycles. The topological polar surface area (TPSA) is 53.0 Å². The van der Waals surface area contributed by atoms with Gasteiger partial charge in [0.15, 0.2) is 0 Å². The minimum Gasteiger partial charge on any atom is -0.394 e. The number of benzene rings is 1. The Kier molecular flexibility index (Phi) is 6.84. The van der Waals surface area contributed by atoms with Crippen LogP contribution in [0.15, 0.2) is 24.3 Å². The quantitative estimate of drug-likeness (QED) is 0.792. The first-order chi connectivity index (χ1) is 13.1. The van der Waals surface area contributed by atoms with Crippen molar-refractivity contribution in [3.8, 4) is 0 Å². The van der Waals surface area contributed by atoms with Crippen molar-refractivity contribution in [2.45, 2.75) is 38.3 Å². The molecule has 2 aliphatic heterocycles. The maximum atomic E-state index is 13.6. The van der Waals surface area contributed by atoms with Gasteiger partial charge in [-0.05, 0) is 49.4 Å². The number of nitrogens with zero attached hydrogens (tertiary/aromatic N) is 2. The molecule has 1 amide bonds. The molecule has 3 rings (SSSR count). The van der Waals surface area contributed by atoms with E-state index < -0.39 is 5.82 Å². The molecule has 0 radical (unpaired) electrons. The Labute approximate surface area is 161 Å². The molecule has 0 saturated carbocycles. The number of ether oxygens (including phenoxy) is 1. The van der Waals surface area contributed by atoms with Gasteiger partial charge in [0.25, 0.3) is 5.91 Å². The van der Waals surface area contributed by atoms with E-state index in [0.717, 1.165) is 39.0 Å². The highest BCUT2D eigenvalue weighted by Crippen LogP contribution is 2.35. The van der Waals surface area contributed by atoms with Crippen LogP contribution in [-0.4, -0.2) is 72.9 Å². The number of aliphatic hydroxyl groups excluding tert-OH is 1. The highest BCUT2D eigenvalue weighted by Gasteiger charge is 2.44. The fourth-order valence-electron chi connectivity index (χ4n) is 4.81. The number of hydrogen-bond acceptors (Lipinski definition) is 4. The second-order valence-corrected chi connectivity index (χ2v) is 7.80. The normalized spacial score (nSPS) is 28.8. The number of carbonyl (C=O) groups excluding carboxylic acids is 1. The molecular weight excluding hydrogens is 347 g/mol. The predicted molar refractivity (Wildman–Crippen MR) is 102 cm³/mol. The summed E-state index contributed by atoms with van der Waals surface area (Å²) >= 11 is 0. The summed E-state index contributed by atoms with van der Waals surface area (Å²) in [6.07, 6.45) is 3.25. The maximum absolute atomic E-state index is 13.6. The number of rotatable bonds is 7. The van der Waals surface area contributed by atoms with E-state index >= 15 is 0 Å². The summed E-state index contributed by atoms with van der Waals surface area (Å²) in [7, 11) is 1.73. The molecule has 0 bridgehead atoms. The van der Waals surface area contributed by atoms with Crippen molar-refractivity contribution in [2.75, 3.05) is 40.0 Å². The third kappa shape index (κ3) is 4.33. The molecular formula is C21H31FN2O3. The summed E-state index contributed by atoms with van der Waals surface area (Å²) in [4.78, 5) is 17.2. The Hall–Kier alpha value is -1.50. The molecule has 2 heterocycles. The average Bonchev–Trinajstić information content (AvgIpc) is 3.26. The fraction of sp³-hybridized carbons (Fsp3) is 0.667. The Bertz CT molecular complexity index is 642. The lowest BCUT2D eigenvalue weighted by atomic mass is 9.88. The Morgan fingerprint density at radius 2 is 2.22 bits per heavy atom. The zero-order valence-electron chi connectivity index (χ0n) is 16.3. The summed E-state index contributed by atoms with van der Waals surface area (Å²) in [5.74, 6) is -0.0496. The number of amides is 1. The minimum absolute atomic E-state index is 0.0645. The molecule has 150 valence electrons. The van der Waals surface area contributed by atoms with Crippen LogP contribution in [0.1, 0.15) is 36.5 Å². The van der Waals surface area contributed by atoms with Crippen LogP contribution in [-0.2, 0) is 4.74 Å². The van der Waals surface area contributed by atoms with Gasteiger partial charge in [0.05, 0.1) is 19.3 Å². The Morgan fingerprint density at radius 1 is 1.41 bits per heavy atom. The second kappa shape index (κ2) is 9.13. The van der Waals surface area contributed by atoms with Gasteiger partial charge >= 0.3 is 0 Å². The molecule has 2 saturated heterocycles. The first kappa shape index (κ1) is 20.2. The number of methoxy groups -OCH3 is 1. The third-order valence-corrected chi connectivity index (χ3v) is 6.28. The van der Waals surface area contributed by atoms with Gasteiger partial charge in [0, 0.05) is 31.8 Å². The van der Waals surface area contributed by atoms with Crippen LogP contribution in [0.5, 0.6) is 0 Å². The van der Waals surface area contributed by atoms with Crippen LogP contribution < -0.4 is 0 Å². The first-order valence-corrected chi connectivity index (χ1v) is 9.99. The van der Waals surface area contributed by atoms with Crippen molar-refractivity contribution in [1.29, 1.82) is 0 Å². The van der Waals surface area contributed by atoms with Crippen LogP contribution in [0.25, 0.3) is 0 Å². The fourth-order valence-corrected chi connectivity index (χ4v) is 4.81. The summed E-state index contributed by atoms with van der Waals surface area (Å²) in [5, 5.41) is 10.1. The van der Waals surface area contributed by atoms with E-state index in [-0.39, 0.29) is 24.5 Å². The third-order valence-electron chi connectivity index (χ3n) is 6.28. The van der Waals surface area contributed by atoms with Crippen molar-refractivity contribution < 1.29 is 19.0 Å². The monoisotopic (exact) mass is 378 g/mol.